The Morgan fingerprint density at radius 1 is 1.33 bits per heavy atom. The number of methoxy groups -OCH3 is 1. The van der Waals surface area contributed by atoms with Crippen LogP contribution in [0, 0.1) is 0 Å². The van der Waals surface area contributed by atoms with Gasteiger partial charge in [0, 0.05) is 18.2 Å². The first kappa shape index (κ1) is 12.8. The number of nitrogens with two attached hydrogens (primary N) is 1. The van der Waals surface area contributed by atoms with E-state index in [1.165, 1.54) is 0 Å². The van der Waals surface area contributed by atoms with E-state index in [2.05, 4.69) is 9.97 Å². The van der Waals surface area contributed by atoms with Crippen molar-refractivity contribution in [3.63, 3.8) is 0 Å². The molecule has 0 aliphatic carbocycles. The summed E-state index contributed by atoms with van der Waals surface area (Å²) in [5, 5.41) is 0.564. The molecule has 1 aromatic heterocycles. The summed E-state index contributed by atoms with van der Waals surface area (Å²) in [7, 11) is 1.59. The molecule has 1 aromatic carbocycles. The Bertz CT molecular complexity index is 546. The van der Waals surface area contributed by atoms with Gasteiger partial charge in [-0.05, 0) is 30.8 Å². The lowest BCUT2D eigenvalue weighted by molar-refractivity contribution is 0.415. The van der Waals surface area contributed by atoms with E-state index in [0.29, 0.717) is 23.7 Å². The molecule has 94 valence electrons. The second-order valence-corrected chi connectivity index (χ2v) is 4.15. The zero-order valence-corrected chi connectivity index (χ0v) is 10.8. The molecule has 0 unspecified atom stereocenters. The summed E-state index contributed by atoms with van der Waals surface area (Å²) < 4.78 is 5.12. The molecule has 1 heterocycles. The first-order valence-electron chi connectivity index (χ1n) is 5.60. The summed E-state index contributed by atoms with van der Waals surface area (Å²) in [6, 6.07) is 7.41. The van der Waals surface area contributed by atoms with E-state index in [-0.39, 0.29) is 0 Å². The maximum Gasteiger partial charge on any atom is 0.137 e. The van der Waals surface area contributed by atoms with Gasteiger partial charge in [-0.1, -0.05) is 11.6 Å². The number of hydrogen-bond donors (Lipinski definition) is 1. The van der Waals surface area contributed by atoms with Crippen LogP contribution in [0.25, 0.3) is 11.3 Å². The molecule has 0 saturated carbocycles. The smallest absolute Gasteiger partial charge is 0.137 e. The van der Waals surface area contributed by atoms with Crippen LogP contribution in [0.2, 0.25) is 5.02 Å². The first-order valence-corrected chi connectivity index (χ1v) is 5.98. The molecule has 0 bridgehead atoms. The van der Waals surface area contributed by atoms with Gasteiger partial charge in [-0.25, -0.2) is 9.97 Å². The minimum Gasteiger partial charge on any atom is -0.495 e. The summed E-state index contributed by atoms with van der Waals surface area (Å²) in [6.45, 7) is 0.535. The molecule has 0 saturated heterocycles. The molecule has 0 fully saturated rings. The van der Waals surface area contributed by atoms with Crippen molar-refractivity contribution in [1.82, 2.24) is 9.97 Å². The van der Waals surface area contributed by atoms with Crippen molar-refractivity contribution in [3.05, 3.63) is 41.3 Å². The minimum absolute atomic E-state index is 0.535. The van der Waals surface area contributed by atoms with E-state index in [1.807, 2.05) is 24.3 Å². The lowest BCUT2D eigenvalue weighted by Crippen LogP contribution is -2.06. The van der Waals surface area contributed by atoms with Crippen molar-refractivity contribution in [2.45, 2.75) is 6.42 Å². The Morgan fingerprint density at radius 2 is 2.17 bits per heavy atom. The van der Waals surface area contributed by atoms with Crippen LogP contribution in [-0.4, -0.2) is 23.6 Å². The molecular formula is C13H14ClN3O. The van der Waals surface area contributed by atoms with E-state index in [9.17, 15) is 0 Å². The number of nitrogens with zero attached hydrogens (tertiary/aromatic N) is 2. The molecule has 0 amide bonds. The molecular weight excluding hydrogens is 250 g/mol. The Morgan fingerprint density at radius 3 is 2.83 bits per heavy atom. The van der Waals surface area contributed by atoms with Crippen LogP contribution < -0.4 is 10.5 Å². The molecule has 2 rings (SSSR count). The minimum atomic E-state index is 0.535. The molecule has 0 aliphatic rings. The Balaban J connectivity index is 2.36. The largest absolute Gasteiger partial charge is 0.495 e. The number of rotatable bonds is 4. The molecule has 5 heteroatoms. The average Bonchev–Trinajstić information content (AvgIpc) is 2.39. The standard InChI is InChI=1S/C13H14ClN3O/c1-18-12-3-2-9(8-10(12)14)11-5-7-16-13(17-11)4-6-15/h2-3,5,7-8H,4,6,15H2,1H3. The normalized spacial score (nSPS) is 10.4. The van der Waals surface area contributed by atoms with Gasteiger partial charge in [0.1, 0.15) is 11.6 Å². The van der Waals surface area contributed by atoms with Gasteiger partial charge in [-0.2, -0.15) is 0 Å². The molecule has 2 aromatic rings. The van der Waals surface area contributed by atoms with Gasteiger partial charge < -0.3 is 10.5 Å². The van der Waals surface area contributed by atoms with Crippen LogP contribution >= 0.6 is 11.6 Å². The number of hydrogen-bond acceptors (Lipinski definition) is 4. The predicted octanol–water partition coefficient (Wildman–Crippen LogP) is 2.31. The fraction of sp³-hybridized carbons (Fsp3) is 0.231. The highest BCUT2D eigenvalue weighted by molar-refractivity contribution is 6.32. The van der Waals surface area contributed by atoms with E-state index in [0.717, 1.165) is 17.1 Å². The van der Waals surface area contributed by atoms with Gasteiger partial charge in [0.25, 0.3) is 0 Å². The summed E-state index contributed by atoms with van der Waals surface area (Å²) in [4.78, 5) is 8.60. The molecule has 18 heavy (non-hydrogen) atoms. The van der Waals surface area contributed by atoms with E-state index in [1.54, 1.807) is 13.3 Å². The highest BCUT2D eigenvalue weighted by Crippen LogP contribution is 2.29. The average molecular weight is 264 g/mol. The summed E-state index contributed by atoms with van der Waals surface area (Å²) in [6.07, 6.45) is 2.39. The van der Waals surface area contributed by atoms with Gasteiger partial charge in [0.15, 0.2) is 0 Å². The van der Waals surface area contributed by atoms with Crippen LogP contribution in [0.5, 0.6) is 5.75 Å². The van der Waals surface area contributed by atoms with E-state index < -0.39 is 0 Å². The van der Waals surface area contributed by atoms with Crippen LogP contribution in [0.4, 0.5) is 0 Å². The Hall–Kier alpha value is -1.65. The highest BCUT2D eigenvalue weighted by Gasteiger charge is 2.06. The number of ether oxygens (including phenoxy) is 1. The van der Waals surface area contributed by atoms with E-state index in [4.69, 9.17) is 22.1 Å². The number of halogens is 1. The molecule has 2 N–H and O–H groups in total. The first-order chi connectivity index (χ1) is 8.74. The highest BCUT2D eigenvalue weighted by atomic mass is 35.5. The Kier molecular flexibility index (Phi) is 4.12. The summed E-state index contributed by atoms with van der Waals surface area (Å²) >= 11 is 6.09. The fourth-order valence-electron chi connectivity index (χ4n) is 1.64. The Labute approximate surface area is 111 Å². The van der Waals surface area contributed by atoms with Crippen molar-refractivity contribution in [2.24, 2.45) is 5.73 Å². The lowest BCUT2D eigenvalue weighted by atomic mass is 10.1. The molecule has 0 radical (unpaired) electrons. The third-order valence-electron chi connectivity index (χ3n) is 2.52. The van der Waals surface area contributed by atoms with Gasteiger partial charge in [-0.3, -0.25) is 0 Å². The van der Waals surface area contributed by atoms with Gasteiger partial charge >= 0.3 is 0 Å². The van der Waals surface area contributed by atoms with Crippen molar-refractivity contribution in [2.75, 3.05) is 13.7 Å². The van der Waals surface area contributed by atoms with Gasteiger partial charge in [0.05, 0.1) is 17.8 Å². The summed E-state index contributed by atoms with van der Waals surface area (Å²) in [5.41, 5.74) is 7.26. The van der Waals surface area contributed by atoms with Crippen LogP contribution in [-0.2, 0) is 6.42 Å². The summed E-state index contributed by atoms with van der Waals surface area (Å²) in [5.74, 6) is 1.39. The second-order valence-electron chi connectivity index (χ2n) is 3.75. The van der Waals surface area contributed by atoms with Crippen molar-refractivity contribution >= 4 is 11.6 Å². The number of benzene rings is 1. The van der Waals surface area contributed by atoms with Crippen LogP contribution in [0.1, 0.15) is 5.82 Å². The SMILES string of the molecule is COc1ccc(-c2ccnc(CCN)n2)cc1Cl. The van der Waals surface area contributed by atoms with Crippen molar-refractivity contribution in [3.8, 4) is 17.0 Å². The molecule has 0 atom stereocenters. The second kappa shape index (κ2) is 5.80. The van der Waals surface area contributed by atoms with E-state index >= 15 is 0 Å². The third kappa shape index (κ3) is 2.78. The van der Waals surface area contributed by atoms with Crippen LogP contribution in [0.15, 0.2) is 30.5 Å². The maximum atomic E-state index is 6.09. The predicted molar refractivity (Wildman–Crippen MR) is 71.8 cm³/mol. The topological polar surface area (TPSA) is 61.0 Å². The molecule has 0 spiro atoms. The van der Waals surface area contributed by atoms with Crippen molar-refractivity contribution < 1.29 is 4.74 Å². The monoisotopic (exact) mass is 263 g/mol. The van der Waals surface area contributed by atoms with Gasteiger partial charge in [-0.15, -0.1) is 0 Å². The van der Waals surface area contributed by atoms with Gasteiger partial charge in [0.2, 0.25) is 0 Å². The lowest BCUT2D eigenvalue weighted by Gasteiger charge is -2.06. The zero-order valence-electron chi connectivity index (χ0n) is 10.1. The fourth-order valence-corrected chi connectivity index (χ4v) is 1.89. The molecule has 0 aliphatic heterocycles. The third-order valence-corrected chi connectivity index (χ3v) is 2.82. The molecule has 4 nitrogen and oxygen atoms in total. The number of aromatic nitrogens is 2. The maximum absolute atomic E-state index is 6.09. The quantitative estimate of drug-likeness (QED) is 0.920. The van der Waals surface area contributed by atoms with Crippen molar-refractivity contribution in [1.29, 1.82) is 0 Å². The van der Waals surface area contributed by atoms with Crippen LogP contribution in [0.3, 0.4) is 0 Å². The zero-order chi connectivity index (χ0) is 13.0.